The summed E-state index contributed by atoms with van der Waals surface area (Å²) >= 11 is 0. The van der Waals surface area contributed by atoms with Gasteiger partial charge in [-0.2, -0.15) is 0 Å². The van der Waals surface area contributed by atoms with Gasteiger partial charge in [-0.3, -0.25) is 4.90 Å². The van der Waals surface area contributed by atoms with Gasteiger partial charge >= 0.3 is 0 Å². The lowest BCUT2D eigenvalue weighted by Crippen LogP contribution is -2.24. The number of halogens is 1. The summed E-state index contributed by atoms with van der Waals surface area (Å²) in [6.07, 6.45) is 2.05. The van der Waals surface area contributed by atoms with E-state index in [0.29, 0.717) is 23.9 Å². The molecular weight excluding hydrogens is 411 g/mol. The van der Waals surface area contributed by atoms with Crippen LogP contribution in [0.2, 0.25) is 0 Å². The van der Waals surface area contributed by atoms with E-state index in [2.05, 4.69) is 9.88 Å². The predicted octanol–water partition coefficient (Wildman–Crippen LogP) is 5.02. The third-order valence-electron chi connectivity index (χ3n) is 6.03. The van der Waals surface area contributed by atoms with E-state index in [-0.39, 0.29) is 11.9 Å². The molecule has 0 radical (unpaired) electrons. The molecule has 1 N–H and O–H groups in total. The highest BCUT2D eigenvalue weighted by atomic mass is 19.1. The molecule has 166 valence electrons. The van der Waals surface area contributed by atoms with Crippen molar-refractivity contribution in [2.75, 3.05) is 20.8 Å². The summed E-state index contributed by atoms with van der Waals surface area (Å²) in [4.78, 5) is 15.1. The molecule has 4 aromatic rings. The van der Waals surface area contributed by atoms with Gasteiger partial charge in [-0.1, -0.05) is 0 Å². The first-order chi connectivity index (χ1) is 15.6. The number of likely N-dealkylation sites (tertiary alicyclic amines) is 1. The second-order valence-electron chi connectivity index (χ2n) is 8.00. The molecule has 1 unspecified atom stereocenters. The van der Waals surface area contributed by atoms with Gasteiger partial charge in [0.25, 0.3) is 0 Å². The molecule has 1 saturated heterocycles. The summed E-state index contributed by atoms with van der Waals surface area (Å²) in [5, 5.41) is 0. The number of aromatic nitrogens is 3. The molecule has 0 bridgehead atoms. The summed E-state index contributed by atoms with van der Waals surface area (Å²) in [7, 11) is 3.23. The average Bonchev–Trinajstić information content (AvgIpc) is 3.51. The number of imidazole rings is 1. The normalized spacial score (nSPS) is 16.7. The van der Waals surface area contributed by atoms with Crippen LogP contribution in [0.3, 0.4) is 0 Å². The zero-order valence-electron chi connectivity index (χ0n) is 18.3. The fourth-order valence-corrected chi connectivity index (χ4v) is 4.34. The lowest BCUT2D eigenvalue weighted by atomic mass is 10.2. The molecule has 2 aromatic heterocycles. The van der Waals surface area contributed by atoms with Gasteiger partial charge in [0, 0.05) is 12.6 Å². The first-order valence-electron chi connectivity index (χ1n) is 10.6. The maximum atomic E-state index is 13.6. The summed E-state index contributed by atoms with van der Waals surface area (Å²) in [6.45, 7) is 3.50. The first kappa shape index (κ1) is 20.5. The van der Waals surface area contributed by atoms with Gasteiger partial charge in [-0.05, 0) is 56.6 Å². The number of benzene rings is 2. The van der Waals surface area contributed by atoms with Crippen LogP contribution in [0.5, 0.6) is 11.5 Å². The highest BCUT2D eigenvalue weighted by Gasteiger charge is 2.30. The molecule has 1 aliphatic heterocycles. The lowest BCUT2D eigenvalue weighted by Gasteiger charge is -2.21. The average molecular weight is 436 g/mol. The molecule has 0 aliphatic carbocycles. The van der Waals surface area contributed by atoms with Gasteiger partial charge in [0.1, 0.15) is 28.9 Å². The van der Waals surface area contributed by atoms with Crippen LogP contribution in [-0.2, 0) is 6.54 Å². The molecular formula is C24H25FN4O3. The maximum Gasteiger partial charge on any atom is 0.230 e. The summed E-state index contributed by atoms with van der Waals surface area (Å²) in [5.41, 5.74) is 3.16. The fourth-order valence-electron chi connectivity index (χ4n) is 4.34. The molecule has 0 spiro atoms. The molecule has 1 fully saturated rings. The molecule has 1 aliphatic rings. The van der Waals surface area contributed by atoms with Crippen LogP contribution in [0.25, 0.3) is 22.5 Å². The molecule has 0 saturated carbocycles. The number of nitrogens with one attached hydrogen (secondary N) is 1. The van der Waals surface area contributed by atoms with E-state index >= 15 is 0 Å². The molecule has 8 heteroatoms. The molecule has 2 aromatic carbocycles. The number of aryl methyl sites for hydroxylation is 1. The summed E-state index contributed by atoms with van der Waals surface area (Å²) in [5.74, 6) is 3.24. The monoisotopic (exact) mass is 436 g/mol. The van der Waals surface area contributed by atoms with Crippen molar-refractivity contribution in [2.24, 2.45) is 0 Å². The molecule has 7 nitrogen and oxygen atoms in total. The van der Waals surface area contributed by atoms with Gasteiger partial charge in [0.2, 0.25) is 5.89 Å². The number of ether oxygens (including phenoxy) is 2. The Balaban J connectivity index is 1.41. The van der Waals surface area contributed by atoms with Gasteiger partial charge < -0.3 is 18.9 Å². The predicted molar refractivity (Wildman–Crippen MR) is 118 cm³/mol. The van der Waals surface area contributed by atoms with Crippen molar-refractivity contribution >= 4 is 11.0 Å². The number of H-pyrrole nitrogens is 1. The van der Waals surface area contributed by atoms with Gasteiger partial charge in [0.05, 0.1) is 42.6 Å². The quantitative estimate of drug-likeness (QED) is 0.457. The van der Waals surface area contributed by atoms with Crippen molar-refractivity contribution in [2.45, 2.75) is 32.4 Å². The Hall–Kier alpha value is -3.39. The van der Waals surface area contributed by atoms with Gasteiger partial charge in [-0.15, -0.1) is 0 Å². The smallest absolute Gasteiger partial charge is 0.230 e. The van der Waals surface area contributed by atoms with Gasteiger partial charge in [-0.25, -0.2) is 14.4 Å². The van der Waals surface area contributed by atoms with E-state index in [0.717, 1.165) is 53.3 Å². The number of hydrogen-bond acceptors (Lipinski definition) is 6. The SMILES string of the molecule is COc1ccc(-c2nc(CN3CCCC3c3nc4ccc(F)cc4[nH]3)c(C)o2)c(OC)c1. The van der Waals surface area contributed by atoms with Crippen LogP contribution < -0.4 is 9.47 Å². The Bertz CT molecular complexity index is 1270. The Kier molecular flexibility index (Phi) is 5.30. The van der Waals surface area contributed by atoms with E-state index < -0.39 is 0 Å². The zero-order chi connectivity index (χ0) is 22.2. The summed E-state index contributed by atoms with van der Waals surface area (Å²) < 4.78 is 30.4. The Morgan fingerprint density at radius 3 is 2.84 bits per heavy atom. The van der Waals surface area contributed by atoms with Crippen LogP contribution in [-0.4, -0.2) is 40.6 Å². The number of hydrogen-bond donors (Lipinski definition) is 1. The third kappa shape index (κ3) is 3.71. The number of methoxy groups -OCH3 is 2. The molecule has 32 heavy (non-hydrogen) atoms. The van der Waals surface area contributed by atoms with E-state index in [1.165, 1.54) is 12.1 Å². The molecule has 0 amide bonds. The number of nitrogens with zero attached hydrogens (tertiary/aromatic N) is 3. The van der Waals surface area contributed by atoms with E-state index in [1.807, 2.05) is 25.1 Å². The molecule has 1 atom stereocenters. The minimum Gasteiger partial charge on any atom is -0.497 e. The first-order valence-corrected chi connectivity index (χ1v) is 10.6. The van der Waals surface area contributed by atoms with Crippen molar-refractivity contribution in [3.63, 3.8) is 0 Å². The zero-order valence-corrected chi connectivity index (χ0v) is 18.3. The topological polar surface area (TPSA) is 76.4 Å². The maximum absolute atomic E-state index is 13.6. The van der Waals surface area contributed by atoms with Crippen molar-refractivity contribution in [3.8, 4) is 23.0 Å². The van der Waals surface area contributed by atoms with Crippen LogP contribution in [0.15, 0.2) is 40.8 Å². The van der Waals surface area contributed by atoms with Gasteiger partial charge in [0.15, 0.2) is 0 Å². The molecule has 5 rings (SSSR count). The van der Waals surface area contributed by atoms with E-state index in [1.54, 1.807) is 20.3 Å². The largest absolute Gasteiger partial charge is 0.497 e. The minimum atomic E-state index is -0.268. The number of oxazole rings is 1. The number of aromatic amines is 1. The summed E-state index contributed by atoms with van der Waals surface area (Å²) in [6, 6.07) is 10.3. The van der Waals surface area contributed by atoms with Crippen molar-refractivity contribution in [3.05, 3.63) is 59.5 Å². The van der Waals surface area contributed by atoms with Crippen LogP contribution in [0.4, 0.5) is 4.39 Å². The van der Waals surface area contributed by atoms with Crippen LogP contribution >= 0.6 is 0 Å². The standard InChI is InChI=1S/C24H25FN4O3/c1-14-20(28-24(32-14)17-8-7-16(30-2)12-22(17)31-3)13-29-10-4-5-21(29)23-26-18-9-6-15(25)11-19(18)27-23/h6-9,11-12,21H,4-5,10,13H2,1-3H3,(H,26,27). The number of rotatable bonds is 6. The number of fused-ring (bicyclic) bond motifs is 1. The van der Waals surface area contributed by atoms with Crippen molar-refractivity contribution in [1.82, 2.24) is 19.9 Å². The highest BCUT2D eigenvalue weighted by Crippen LogP contribution is 2.36. The Morgan fingerprint density at radius 1 is 1.16 bits per heavy atom. The fraction of sp³-hybridized carbons (Fsp3) is 0.333. The van der Waals surface area contributed by atoms with E-state index in [9.17, 15) is 4.39 Å². The highest BCUT2D eigenvalue weighted by molar-refractivity contribution is 5.75. The lowest BCUT2D eigenvalue weighted by molar-refractivity contribution is 0.237. The van der Waals surface area contributed by atoms with E-state index in [4.69, 9.17) is 23.9 Å². The second kappa shape index (κ2) is 8.27. The minimum absolute atomic E-state index is 0.125. The van der Waals surface area contributed by atoms with Crippen molar-refractivity contribution < 1.29 is 18.3 Å². The van der Waals surface area contributed by atoms with Crippen LogP contribution in [0.1, 0.15) is 36.2 Å². The van der Waals surface area contributed by atoms with Crippen LogP contribution in [0, 0.1) is 12.7 Å². The molecule has 3 heterocycles. The Morgan fingerprint density at radius 2 is 2.03 bits per heavy atom. The Labute approximate surface area is 185 Å². The van der Waals surface area contributed by atoms with Crippen molar-refractivity contribution in [1.29, 1.82) is 0 Å². The third-order valence-corrected chi connectivity index (χ3v) is 6.03. The second-order valence-corrected chi connectivity index (χ2v) is 8.00.